The number of benzene rings is 1. The van der Waals surface area contributed by atoms with E-state index >= 15 is 0 Å². The fourth-order valence-corrected chi connectivity index (χ4v) is 4.61. The first-order chi connectivity index (χ1) is 11.7. The summed E-state index contributed by atoms with van der Waals surface area (Å²) in [5.41, 5.74) is 0. The highest BCUT2D eigenvalue weighted by Gasteiger charge is 2.26. The normalized spacial score (nSPS) is 21.8. The molecule has 0 aromatic heterocycles. The van der Waals surface area contributed by atoms with Crippen LogP contribution in [0.3, 0.4) is 0 Å². The van der Waals surface area contributed by atoms with Gasteiger partial charge in [-0.2, -0.15) is 0 Å². The van der Waals surface area contributed by atoms with Crippen LogP contribution in [-0.2, 0) is 19.9 Å². The van der Waals surface area contributed by atoms with Gasteiger partial charge in [0.25, 0.3) is 0 Å². The Morgan fingerprint density at radius 3 is 2.48 bits per heavy atom. The SMILES string of the molecule is CCS(=O)(=O)CCOc1ccc(S(=O)(=O)NC2CCNCC2C)cc1. The average Bonchev–Trinajstić information content (AvgIpc) is 2.57. The fourth-order valence-electron chi connectivity index (χ4n) is 2.60. The van der Waals surface area contributed by atoms with E-state index in [1.165, 1.54) is 12.1 Å². The molecule has 0 aliphatic carbocycles. The summed E-state index contributed by atoms with van der Waals surface area (Å²) in [7, 11) is -6.67. The Morgan fingerprint density at radius 2 is 1.88 bits per heavy atom. The Hall–Kier alpha value is -1.16. The monoisotopic (exact) mass is 390 g/mol. The van der Waals surface area contributed by atoms with Gasteiger partial charge in [0.2, 0.25) is 10.0 Å². The minimum Gasteiger partial charge on any atom is -0.493 e. The highest BCUT2D eigenvalue weighted by molar-refractivity contribution is 7.91. The lowest BCUT2D eigenvalue weighted by molar-refractivity contribution is 0.328. The summed E-state index contributed by atoms with van der Waals surface area (Å²) in [6.07, 6.45) is 0.757. The molecule has 142 valence electrons. The Morgan fingerprint density at radius 1 is 1.20 bits per heavy atom. The molecule has 1 heterocycles. The van der Waals surface area contributed by atoms with Crippen LogP contribution in [0.1, 0.15) is 20.3 Å². The smallest absolute Gasteiger partial charge is 0.240 e. The number of ether oxygens (including phenoxy) is 1. The van der Waals surface area contributed by atoms with Crippen molar-refractivity contribution in [3.8, 4) is 5.75 Å². The summed E-state index contributed by atoms with van der Waals surface area (Å²) in [5, 5.41) is 3.24. The fraction of sp³-hybridized carbons (Fsp3) is 0.625. The van der Waals surface area contributed by atoms with E-state index in [2.05, 4.69) is 10.0 Å². The summed E-state index contributed by atoms with van der Waals surface area (Å²) >= 11 is 0. The highest BCUT2D eigenvalue weighted by atomic mass is 32.2. The van der Waals surface area contributed by atoms with E-state index in [4.69, 9.17) is 4.74 Å². The lowest BCUT2D eigenvalue weighted by atomic mass is 9.97. The summed E-state index contributed by atoms with van der Waals surface area (Å²) in [5.74, 6) is 0.694. The molecule has 1 saturated heterocycles. The second-order valence-corrected chi connectivity index (χ2v) is 10.4. The Kier molecular flexibility index (Phi) is 6.84. The van der Waals surface area contributed by atoms with Crippen LogP contribution >= 0.6 is 0 Å². The molecule has 2 unspecified atom stereocenters. The first-order valence-electron chi connectivity index (χ1n) is 8.40. The number of sulfone groups is 1. The molecule has 1 aromatic rings. The zero-order valence-electron chi connectivity index (χ0n) is 14.6. The molecule has 2 N–H and O–H groups in total. The minimum atomic E-state index is -3.59. The number of rotatable bonds is 8. The molecule has 2 rings (SSSR count). The second-order valence-electron chi connectivity index (χ2n) is 6.25. The van der Waals surface area contributed by atoms with Crippen LogP contribution in [0, 0.1) is 5.92 Å². The molecule has 0 spiro atoms. The van der Waals surface area contributed by atoms with Gasteiger partial charge in [-0.25, -0.2) is 21.6 Å². The van der Waals surface area contributed by atoms with Gasteiger partial charge in [-0.05, 0) is 49.7 Å². The summed E-state index contributed by atoms with van der Waals surface area (Å²) < 4.78 is 56.0. The van der Waals surface area contributed by atoms with Crippen molar-refractivity contribution in [2.75, 3.05) is 31.2 Å². The first kappa shape index (κ1) is 20.2. The van der Waals surface area contributed by atoms with Gasteiger partial charge >= 0.3 is 0 Å². The van der Waals surface area contributed by atoms with Crippen LogP contribution in [0.4, 0.5) is 0 Å². The molecular formula is C16H26N2O5S2. The van der Waals surface area contributed by atoms with Crippen LogP contribution in [0.5, 0.6) is 5.75 Å². The lowest BCUT2D eigenvalue weighted by Crippen LogP contribution is -2.48. The molecule has 0 radical (unpaired) electrons. The van der Waals surface area contributed by atoms with Gasteiger partial charge in [-0.1, -0.05) is 13.8 Å². The maximum atomic E-state index is 12.5. The second kappa shape index (κ2) is 8.48. The molecule has 2 atom stereocenters. The van der Waals surface area contributed by atoms with Crippen molar-refractivity contribution >= 4 is 19.9 Å². The largest absolute Gasteiger partial charge is 0.493 e. The van der Waals surface area contributed by atoms with Gasteiger partial charge in [0.1, 0.15) is 12.4 Å². The lowest BCUT2D eigenvalue weighted by Gasteiger charge is -2.29. The van der Waals surface area contributed by atoms with Crippen LogP contribution in [0.25, 0.3) is 0 Å². The number of hydrogen-bond acceptors (Lipinski definition) is 6. The van der Waals surface area contributed by atoms with Crippen molar-refractivity contribution in [2.24, 2.45) is 5.92 Å². The standard InChI is InChI=1S/C16H26N2O5S2/c1-3-24(19,20)11-10-23-14-4-6-15(7-5-14)25(21,22)18-16-8-9-17-12-13(16)2/h4-7,13,16-18H,3,8-12H2,1-2H3. The van der Waals surface area contributed by atoms with E-state index in [9.17, 15) is 16.8 Å². The van der Waals surface area contributed by atoms with Crippen molar-refractivity contribution in [3.63, 3.8) is 0 Å². The quantitative estimate of drug-likeness (QED) is 0.680. The maximum Gasteiger partial charge on any atom is 0.240 e. The molecule has 0 saturated carbocycles. The molecule has 1 aliphatic heterocycles. The van der Waals surface area contributed by atoms with E-state index in [-0.39, 0.29) is 35.0 Å². The summed E-state index contributed by atoms with van der Waals surface area (Å²) in [6, 6.07) is 5.94. The molecule has 1 aromatic carbocycles. The maximum absolute atomic E-state index is 12.5. The van der Waals surface area contributed by atoms with Crippen molar-refractivity contribution in [1.29, 1.82) is 0 Å². The van der Waals surface area contributed by atoms with Gasteiger partial charge in [-0.15, -0.1) is 0 Å². The van der Waals surface area contributed by atoms with Gasteiger partial charge in [-0.3, -0.25) is 0 Å². The van der Waals surface area contributed by atoms with Crippen LogP contribution < -0.4 is 14.8 Å². The van der Waals surface area contributed by atoms with E-state index in [1.807, 2.05) is 6.92 Å². The highest BCUT2D eigenvalue weighted by Crippen LogP contribution is 2.19. The third-order valence-corrected chi connectivity index (χ3v) is 7.50. The molecule has 0 amide bonds. The van der Waals surface area contributed by atoms with Gasteiger partial charge in [0.05, 0.1) is 10.6 Å². The van der Waals surface area contributed by atoms with Gasteiger partial charge in [0, 0.05) is 11.8 Å². The van der Waals surface area contributed by atoms with Crippen molar-refractivity contribution in [1.82, 2.24) is 10.0 Å². The van der Waals surface area contributed by atoms with Gasteiger partial charge in [0.15, 0.2) is 9.84 Å². The van der Waals surface area contributed by atoms with Crippen LogP contribution in [0.2, 0.25) is 0 Å². The molecule has 7 nitrogen and oxygen atoms in total. The van der Waals surface area contributed by atoms with E-state index in [0.29, 0.717) is 5.75 Å². The molecule has 1 fully saturated rings. The Labute approximate surface area is 150 Å². The number of piperidine rings is 1. The van der Waals surface area contributed by atoms with E-state index < -0.39 is 19.9 Å². The molecule has 25 heavy (non-hydrogen) atoms. The zero-order valence-corrected chi connectivity index (χ0v) is 16.2. The van der Waals surface area contributed by atoms with Crippen molar-refractivity contribution < 1.29 is 21.6 Å². The topological polar surface area (TPSA) is 102 Å². The predicted molar refractivity (Wildman–Crippen MR) is 97.0 cm³/mol. The van der Waals surface area contributed by atoms with Crippen molar-refractivity contribution in [3.05, 3.63) is 24.3 Å². The Balaban J connectivity index is 1.96. The van der Waals surface area contributed by atoms with Gasteiger partial charge < -0.3 is 10.1 Å². The molecule has 9 heteroatoms. The Bertz CT molecular complexity index is 760. The van der Waals surface area contributed by atoms with Crippen molar-refractivity contribution in [2.45, 2.75) is 31.2 Å². The predicted octanol–water partition coefficient (Wildman–Crippen LogP) is 0.776. The van der Waals surface area contributed by atoms with E-state index in [0.717, 1.165) is 19.5 Å². The first-order valence-corrected chi connectivity index (χ1v) is 11.7. The molecular weight excluding hydrogens is 364 g/mol. The zero-order chi connectivity index (χ0) is 18.5. The number of nitrogens with one attached hydrogen (secondary N) is 2. The van der Waals surface area contributed by atoms with E-state index in [1.54, 1.807) is 19.1 Å². The third-order valence-electron chi connectivity index (χ3n) is 4.33. The van der Waals surface area contributed by atoms with Crippen LogP contribution in [0.15, 0.2) is 29.2 Å². The third kappa shape index (κ3) is 5.95. The number of hydrogen-bond donors (Lipinski definition) is 2. The molecule has 0 bridgehead atoms. The van der Waals surface area contributed by atoms with Crippen LogP contribution in [-0.4, -0.2) is 54.1 Å². The molecule has 1 aliphatic rings. The summed E-state index contributed by atoms with van der Waals surface area (Å²) in [4.78, 5) is 0.173. The average molecular weight is 391 g/mol. The number of sulfonamides is 1. The minimum absolute atomic E-state index is 0.0487. The summed E-state index contributed by atoms with van der Waals surface area (Å²) in [6.45, 7) is 5.24.